The van der Waals surface area contributed by atoms with Crippen molar-refractivity contribution in [2.24, 2.45) is 0 Å². The predicted molar refractivity (Wildman–Crippen MR) is 84.2 cm³/mol. The molecule has 0 aromatic heterocycles. The maximum atomic E-state index is 5.83. The number of hydrogen-bond acceptors (Lipinski definition) is 3. The van der Waals surface area contributed by atoms with E-state index in [1.807, 2.05) is 0 Å². The highest BCUT2D eigenvalue weighted by molar-refractivity contribution is 5.27. The second-order valence-electron chi connectivity index (χ2n) is 5.57. The molecule has 1 aromatic carbocycles. The molecule has 0 atom stereocenters. The van der Waals surface area contributed by atoms with Crippen LogP contribution in [-0.4, -0.2) is 37.7 Å². The summed E-state index contributed by atoms with van der Waals surface area (Å²) < 4.78 is 5.83. The quantitative estimate of drug-likeness (QED) is 0.739. The fourth-order valence-corrected chi connectivity index (χ4v) is 2.59. The average molecular weight is 276 g/mol. The van der Waals surface area contributed by atoms with Crippen LogP contribution in [0, 0.1) is 0 Å². The highest BCUT2D eigenvalue weighted by Gasteiger charge is 2.09. The standard InChI is InChI=1S/C17H28N2O/c1-2-10-18-15-16-6-8-17(9-7-16)20-14-13-19-11-4-3-5-12-19/h6-9,18H,2-5,10-15H2,1H3. The average Bonchev–Trinajstić information content (AvgIpc) is 2.50. The SMILES string of the molecule is CCCNCc1ccc(OCCN2CCCCC2)cc1. The third kappa shape index (κ3) is 5.51. The van der Waals surface area contributed by atoms with Gasteiger partial charge in [0, 0.05) is 13.1 Å². The van der Waals surface area contributed by atoms with Crippen molar-refractivity contribution in [3.8, 4) is 5.75 Å². The molecule has 0 bridgehead atoms. The van der Waals surface area contributed by atoms with Gasteiger partial charge in [-0.25, -0.2) is 0 Å². The van der Waals surface area contributed by atoms with Gasteiger partial charge >= 0.3 is 0 Å². The van der Waals surface area contributed by atoms with Gasteiger partial charge in [-0.05, 0) is 56.6 Å². The summed E-state index contributed by atoms with van der Waals surface area (Å²) in [6.07, 6.45) is 5.27. The van der Waals surface area contributed by atoms with Crippen LogP contribution in [0.5, 0.6) is 5.75 Å². The molecule has 0 aliphatic carbocycles. The minimum absolute atomic E-state index is 0.799. The van der Waals surface area contributed by atoms with E-state index in [4.69, 9.17) is 4.74 Å². The third-order valence-corrected chi connectivity index (χ3v) is 3.80. The topological polar surface area (TPSA) is 24.5 Å². The van der Waals surface area contributed by atoms with E-state index in [1.54, 1.807) is 0 Å². The van der Waals surface area contributed by atoms with Gasteiger partial charge < -0.3 is 10.1 Å². The summed E-state index contributed by atoms with van der Waals surface area (Å²) in [6, 6.07) is 8.47. The molecular formula is C17H28N2O. The molecule has 1 aliphatic rings. The largest absolute Gasteiger partial charge is 0.492 e. The van der Waals surface area contributed by atoms with Crippen molar-refractivity contribution in [3.05, 3.63) is 29.8 Å². The molecule has 20 heavy (non-hydrogen) atoms. The van der Waals surface area contributed by atoms with E-state index in [1.165, 1.54) is 44.3 Å². The highest BCUT2D eigenvalue weighted by atomic mass is 16.5. The summed E-state index contributed by atoms with van der Waals surface area (Å²) in [5, 5.41) is 3.41. The van der Waals surface area contributed by atoms with Gasteiger partial charge in [-0.3, -0.25) is 4.90 Å². The van der Waals surface area contributed by atoms with Gasteiger partial charge in [0.15, 0.2) is 0 Å². The summed E-state index contributed by atoms with van der Waals surface area (Å²) >= 11 is 0. The predicted octanol–water partition coefficient (Wildman–Crippen LogP) is 3.05. The molecular weight excluding hydrogens is 248 g/mol. The Morgan fingerprint density at radius 1 is 1.10 bits per heavy atom. The number of nitrogens with zero attached hydrogens (tertiary/aromatic N) is 1. The number of hydrogen-bond donors (Lipinski definition) is 1. The maximum absolute atomic E-state index is 5.83. The third-order valence-electron chi connectivity index (χ3n) is 3.80. The molecule has 3 nitrogen and oxygen atoms in total. The van der Waals surface area contributed by atoms with Crippen LogP contribution in [-0.2, 0) is 6.54 Å². The highest BCUT2D eigenvalue weighted by Crippen LogP contribution is 2.13. The minimum atomic E-state index is 0.799. The first kappa shape index (κ1) is 15.3. The smallest absolute Gasteiger partial charge is 0.119 e. The van der Waals surface area contributed by atoms with Crippen LogP contribution in [0.15, 0.2) is 24.3 Å². The molecule has 1 aromatic rings. The molecule has 1 fully saturated rings. The molecule has 0 radical (unpaired) electrons. The molecule has 3 heteroatoms. The Labute approximate surface area is 123 Å². The lowest BCUT2D eigenvalue weighted by atomic mass is 10.1. The van der Waals surface area contributed by atoms with Gasteiger partial charge in [-0.2, -0.15) is 0 Å². The first-order chi connectivity index (χ1) is 9.88. The van der Waals surface area contributed by atoms with Crippen LogP contribution in [0.3, 0.4) is 0 Å². The number of rotatable bonds is 8. The number of ether oxygens (including phenoxy) is 1. The first-order valence-electron chi connectivity index (χ1n) is 8.03. The van der Waals surface area contributed by atoms with E-state index in [0.717, 1.165) is 32.0 Å². The molecule has 0 amide bonds. The molecule has 1 aliphatic heterocycles. The number of nitrogens with one attached hydrogen (secondary N) is 1. The van der Waals surface area contributed by atoms with E-state index in [2.05, 4.69) is 41.4 Å². The van der Waals surface area contributed by atoms with E-state index >= 15 is 0 Å². The second kappa shape index (κ2) is 8.98. The summed E-state index contributed by atoms with van der Waals surface area (Å²) in [7, 11) is 0. The number of benzene rings is 1. The Morgan fingerprint density at radius 3 is 2.55 bits per heavy atom. The summed E-state index contributed by atoms with van der Waals surface area (Å²) in [5.41, 5.74) is 1.32. The van der Waals surface area contributed by atoms with Crippen LogP contribution in [0.4, 0.5) is 0 Å². The van der Waals surface area contributed by atoms with E-state index in [-0.39, 0.29) is 0 Å². The molecule has 0 spiro atoms. The Morgan fingerprint density at radius 2 is 1.85 bits per heavy atom. The Hall–Kier alpha value is -1.06. The Kier molecular flexibility index (Phi) is 6.89. The van der Waals surface area contributed by atoms with Gasteiger partial charge in [0.1, 0.15) is 12.4 Å². The van der Waals surface area contributed by atoms with Crippen LogP contribution in [0.1, 0.15) is 38.2 Å². The molecule has 1 saturated heterocycles. The van der Waals surface area contributed by atoms with Crippen molar-refractivity contribution in [1.82, 2.24) is 10.2 Å². The van der Waals surface area contributed by atoms with Gasteiger partial charge in [0.25, 0.3) is 0 Å². The Bertz CT molecular complexity index is 358. The monoisotopic (exact) mass is 276 g/mol. The first-order valence-corrected chi connectivity index (χ1v) is 8.03. The molecule has 2 rings (SSSR count). The van der Waals surface area contributed by atoms with Gasteiger partial charge in [0.2, 0.25) is 0 Å². The zero-order valence-electron chi connectivity index (χ0n) is 12.7. The lowest BCUT2D eigenvalue weighted by Gasteiger charge is -2.26. The van der Waals surface area contributed by atoms with Crippen LogP contribution < -0.4 is 10.1 Å². The summed E-state index contributed by atoms with van der Waals surface area (Å²) in [4.78, 5) is 2.51. The second-order valence-corrected chi connectivity index (χ2v) is 5.57. The fraction of sp³-hybridized carbons (Fsp3) is 0.647. The fourth-order valence-electron chi connectivity index (χ4n) is 2.59. The summed E-state index contributed by atoms with van der Waals surface area (Å²) in [5.74, 6) is 0.987. The van der Waals surface area contributed by atoms with E-state index in [9.17, 15) is 0 Å². The lowest BCUT2D eigenvalue weighted by molar-refractivity contribution is 0.183. The number of piperidine rings is 1. The normalized spacial score (nSPS) is 16.2. The molecule has 0 saturated carbocycles. The molecule has 1 N–H and O–H groups in total. The van der Waals surface area contributed by atoms with Gasteiger partial charge in [-0.15, -0.1) is 0 Å². The van der Waals surface area contributed by atoms with Crippen molar-refractivity contribution in [2.45, 2.75) is 39.2 Å². The van der Waals surface area contributed by atoms with E-state index in [0.29, 0.717) is 0 Å². The van der Waals surface area contributed by atoms with Crippen LogP contribution in [0.25, 0.3) is 0 Å². The van der Waals surface area contributed by atoms with E-state index < -0.39 is 0 Å². The lowest BCUT2D eigenvalue weighted by Crippen LogP contribution is -2.33. The zero-order chi connectivity index (χ0) is 14.0. The minimum Gasteiger partial charge on any atom is -0.492 e. The van der Waals surface area contributed by atoms with Crippen molar-refractivity contribution < 1.29 is 4.74 Å². The molecule has 112 valence electrons. The van der Waals surface area contributed by atoms with Crippen molar-refractivity contribution >= 4 is 0 Å². The Balaban J connectivity index is 1.65. The van der Waals surface area contributed by atoms with Gasteiger partial charge in [0.05, 0.1) is 0 Å². The molecule has 1 heterocycles. The van der Waals surface area contributed by atoms with Crippen LogP contribution >= 0.6 is 0 Å². The van der Waals surface area contributed by atoms with Gasteiger partial charge in [-0.1, -0.05) is 25.5 Å². The van der Waals surface area contributed by atoms with Crippen molar-refractivity contribution in [3.63, 3.8) is 0 Å². The van der Waals surface area contributed by atoms with Crippen molar-refractivity contribution in [1.29, 1.82) is 0 Å². The van der Waals surface area contributed by atoms with Crippen LogP contribution in [0.2, 0.25) is 0 Å². The molecule has 0 unspecified atom stereocenters. The maximum Gasteiger partial charge on any atom is 0.119 e. The van der Waals surface area contributed by atoms with Crippen molar-refractivity contribution in [2.75, 3.05) is 32.8 Å². The number of likely N-dealkylation sites (tertiary alicyclic amines) is 1. The zero-order valence-corrected chi connectivity index (χ0v) is 12.7. The summed E-state index contributed by atoms with van der Waals surface area (Å²) in [6.45, 7) is 8.55.